The van der Waals surface area contributed by atoms with E-state index in [9.17, 15) is 9.59 Å². The zero-order valence-electron chi connectivity index (χ0n) is 11.6. The van der Waals surface area contributed by atoms with Gasteiger partial charge in [-0.25, -0.2) is 23.5 Å². The fourth-order valence-electron chi connectivity index (χ4n) is 4.24. The lowest BCUT2D eigenvalue weighted by Crippen LogP contribution is -2.42. The van der Waals surface area contributed by atoms with Gasteiger partial charge in [0.25, 0.3) is 0 Å². The van der Waals surface area contributed by atoms with Crippen molar-refractivity contribution >= 4 is 0 Å². The molecule has 5 nitrogen and oxygen atoms in total. The predicted octanol–water partition coefficient (Wildman–Crippen LogP) is 1.49. The second kappa shape index (κ2) is 3.47. The molecule has 0 saturated heterocycles. The first-order valence-electron chi connectivity index (χ1n) is 7.38. The Morgan fingerprint density at radius 3 is 2.48 bits per heavy atom. The molecule has 2 bridgehead atoms. The molecule has 1 saturated carbocycles. The van der Waals surface area contributed by atoms with E-state index in [1.165, 1.54) is 10.1 Å². The SMILES string of the molecule is CC1=C[C@@H]2[C@H]3C[C@@H]3[C@@H]1n1c(=O)n(-c3ccccc3)c(=O)n12. The molecular weight excluding hydrogens is 266 g/mol. The number of rotatable bonds is 1. The average molecular weight is 281 g/mol. The van der Waals surface area contributed by atoms with Crippen molar-refractivity contribution in [2.75, 3.05) is 0 Å². The molecule has 0 amide bonds. The Hall–Kier alpha value is -2.30. The third kappa shape index (κ3) is 1.22. The Labute approximate surface area is 120 Å². The lowest BCUT2D eigenvalue weighted by Gasteiger charge is -2.35. The molecule has 4 atom stereocenters. The van der Waals surface area contributed by atoms with Crippen molar-refractivity contribution in [1.29, 1.82) is 0 Å². The van der Waals surface area contributed by atoms with E-state index in [-0.39, 0.29) is 23.5 Å². The van der Waals surface area contributed by atoms with E-state index >= 15 is 0 Å². The lowest BCUT2D eigenvalue weighted by molar-refractivity contribution is 0.230. The molecule has 2 aliphatic carbocycles. The van der Waals surface area contributed by atoms with Crippen molar-refractivity contribution < 1.29 is 0 Å². The molecule has 1 aromatic heterocycles. The van der Waals surface area contributed by atoms with Crippen LogP contribution in [0.3, 0.4) is 0 Å². The number of para-hydroxylation sites is 1. The van der Waals surface area contributed by atoms with Crippen LogP contribution in [0.5, 0.6) is 0 Å². The summed E-state index contributed by atoms with van der Waals surface area (Å²) in [6.45, 7) is 2.08. The first-order chi connectivity index (χ1) is 10.2. The van der Waals surface area contributed by atoms with E-state index in [0.717, 1.165) is 6.42 Å². The molecule has 5 heteroatoms. The van der Waals surface area contributed by atoms with Gasteiger partial charge in [0.1, 0.15) is 0 Å². The summed E-state index contributed by atoms with van der Waals surface area (Å²) in [6.07, 6.45) is 3.30. The third-order valence-corrected chi connectivity index (χ3v) is 5.20. The molecule has 0 spiro atoms. The summed E-state index contributed by atoms with van der Waals surface area (Å²) in [7, 11) is 0. The fourth-order valence-corrected chi connectivity index (χ4v) is 4.24. The molecule has 6 rings (SSSR count). The Balaban J connectivity index is 1.84. The first-order valence-corrected chi connectivity index (χ1v) is 7.38. The Morgan fingerprint density at radius 1 is 1.00 bits per heavy atom. The zero-order chi connectivity index (χ0) is 14.3. The number of hydrogen-bond acceptors (Lipinski definition) is 2. The van der Waals surface area contributed by atoms with Gasteiger partial charge in [0, 0.05) is 0 Å². The highest BCUT2D eigenvalue weighted by Crippen LogP contribution is 2.60. The minimum atomic E-state index is -0.213. The molecule has 0 unspecified atom stereocenters. The second-order valence-corrected chi connectivity index (χ2v) is 6.33. The molecule has 0 N–H and O–H groups in total. The normalized spacial score (nSPS) is 31.6. The fraction of sp³-hybridized carbons (Fsp3) is 0.375. The summed E-state index contributed by atoms with van der Waals surface area (Å²) < 4.78 is 4.68. The van der Waals surface area contributed by atoms with Crippen LogP contribution in [0.15, 0.2) is 51.6 Å². The number of aromatic nitrogens is 3. The Bertz CT molecular complexity index is 900. The zero-order valence-corrected chi connectivity index (χ0v) is 11.6. The van der Waals surface area contributed by atoms with E-state index in [2.05, 4.69) is 13.0 Å². The Kier molecular flexibility index (Phi) is 1.88. The third-order valence-electron chi connectivity index (χ3n) is 5.20. The predicted molar refractivity (Wildman–Crippen MR) is 77.7 cm³/mol. The van der Waals surface area contributed by atoms with Gasteiger partial charge in [-0.05, 0) is 37.3 Å². The van der Waals surface area contributed by atoms with Crippen LogP contribution in [0.4, 0.5) is 0 Å². The Morgan fingerprint density at radius 2 is 1.71 bits per heavy atom. The van der Waals surface area contributed by atoms with Gasteiger partial charge in [-0.3, -0.25) is 0 Å². The van der Waals surface area contributed by atoms with Gasteiger partial charge in [0.2, 0.25) is 0 Å². The summed E-state index contributed by atoms with van der Waals surface area (Å²) in [6, 6.07) is 9.31. The van der Waals surface area contributed by atoms with Crippen molar-refractivity contribution in [1.82, 2.24) is 13.9 Å². The smallest absolute Gasteiger partial charge is 0.245 e. The standard InChI is InChI=1S/C16H15N3O2/c1-9-7-13-11-8-12(11)14(9)19-16(21)17(15(20)18(13)19)10-5-3-2-4-6-10/h2-7,11-14H,8H2,1H3/t11-,12-,13+,14+/m0/s1. The van der Waals surface area contributed by atoms with Gasteiger partial charge < -0.3 is 0 Å². The number of nitrogens with zero attached hydrogens (tertiary/aromatic N) is 3. The highest BCUT2D eigenvalue weighted by atomic mass is 16.2. The number of allylic oxidation sites excluding steroid dienone is 2. The van der Waals surface area contributed by atoms with Crippen LogP contribution < -0.4 is 11.4 Å². The maximum absolute atomic E-state index is 12.8. The molecule has 2 aliphatic heterocycles. The molecular formula is C16H15N3O2. The molecule has 0 radical (unpaired) electrons. The van der Waals surface area contributed by atoms with Gasteiger partial charge in [0.15, 0.2) is 0 Å². The van der Waals surface area contributed by atoms with Crippen molar-refractivity contribution in [3.63, 3.8) is 0 Å². The number of benzene rings is 1. The summed E-state index contributed by atoms with van der Waals surface area (Å²) in [5.74, 6) is 1.09. The van der Waals surface area contributed by atoms with Crippen molar-refractivity contribution in [3.8, 4) is 5.69 Å². The minimum absolute atomic E-state index is 0.0603. The van der Waals surface area contributed by atoms with Crippen molar-refractivity contribution in [2.45, 2.75) is 25.4 Å². The molecule has 106 valence electrons. The molecule has 1 fully saturated rings. The average Bonchev–Trinajstić information content (AvgIpc) is 3.24. The van der Waals surface area contributed by atoms with Gasteiger partial charge in [0.05, 0.1) is 17.8 Å². The highest BCUT2D eigenvalue weighted by molar-refractivity contribution is 5.33. The number of hydrogen-bond donors (Lipinski definition) is 0. The summed E-state index contributed by atoms with van der Waals surface area (Å²) in [5, 5.41) is 0. The van der Waals surface area contributed by atoms with Gasteiger partial charge >= 0.3 is 11.4 Å². The van der Waals surface area contributed by atoms with Crippen LogP contribution in [0, 0.1) is 11.8 Å². The van der Waals surface area contributed by atoms with E-state index in [4.69, 9.17) is 0 Å². The van der Waals surface area contributed by atoms with Crippen LogP contribution in [0.25, 0.3) is 5.69 Å². The summed E-state index contributed by atoms with van der Waals surface area (Å²) >= 11 is 0. The molecule has 4 aliphatic rings. The van der Waals surface area contributed by atoms with Gasteiger partial charge in [-0.2, -0.15) is 0 Å². The van der Waals surface area contributed by atoms with Gasteiger partial charge in [-0.15, -0.1) is 0 Å². The molecule has 21 heavy (non-hydrogen) atoms. The quantitative estimate of drug-likeness (QED) is 0.744. The monoisotopic (exact) mass is 281 g/mol. The molecule has 3 heterocycles. The summed E-state index contributed by atoms with van der Waals surface area (Å²) in [4.78, 5) is 25.6. The topological polar surface area (TPSA) is 48.9 Å². The summed E-state index contributed by atoms with van der Waals surface area (Å²) in [5.41, 5.74) is 1.45. The maximum atomic E-state index is 12.8. The molecule has 2 aromatic rings. The minimum Gasteiger partial charge on any atom is -0.245 e. The van der Waals surface area contributed by atoms with Crippen LogP contribution >= 0.6 is 0 Å². The highest BCUT2D eigenvalue weighted by Gasteiger charge is 2.57. The van der Waals surface area contributed by atoms with E-state index in [1.807, 2.05) is 18.2 Å². The molecule has 1 aromatic carbocycles. The first kappa shape index (κ1) is 11.4. The second-order valence-electron chi connectivity index (χ2n) is 6.33. The van der Waals surface area contributed by atoms with E-state index in [0.29, 0.717) is 17.5 Å². The van der Waals surface area contributed by atoms with E-state index < -0.39 is 0 Å². The largest absolute Gasteiger partial charge is 0.352 e. The van der Waals surface area contributed by atoms with Crippen molar-refractivity contribution in [2.24, 2.45) is 11.8 Å². The van der Waals surface area contributed by atoms with Crippen LogP contribution in [-0.4, -0.2) is 13.9 Å². The lowest BCUT2D eigenvalue weighted by atomic mass is 9.90. The van der Waals surface area contributed by atoms with Crippen LogP contribution in [0.2, 0.25) is 0 Å². The van der Waals surface area contributed by atoms with Crippen molar-refractivity contribution in [3.05, 3.63) is 62.9 Å². The van der Waals surface area contributed by atoms with Gasteiger partial charge in [-0.1, -0.05) is 29.8 Å². The van der Waals surface area contributed by atoms with Crippen LogP contribution in [-0.2, 0) is 0 Å². The van der Waals surface area contributed by atoms with Crippen LogP contribution in [0.1, 0.15) is 25.4 Å². The maximum Gasteiger partial charge on any atom is 0.352 e. The van der Waals surface area contributed by atoms with E-state index in [1.54, 1.807) is 21.5 Å².